The third-order valence-corrected chi connectivity index (χ3v) is 4.14. The maximum Gasteiger partial charge on any atom is 0.222 e. The maximum absolute atomic E-state index is 12.1. The van der Waals surface area contributed by atoms with Crippen molar-refractivity contribution in [1.82, 2.24) is 15.1 Å². The van der Waals surface area contributed by atoms with Gasteiger partial charge in [0.2, 0.25) is 5.91 Å². The third kappa shape index (κ3) is 3.68. The Labute approximate surface area is 145 Å². The molecule has 0 unspecified atom stereocenters. The largest absolute Gasteiger partial charge is 0.497 e. The van der Waals surface area contributed by atoms with E-state index in [1.54, 1.807) is 18.0 Å². The highest BCUT2D eigenvalue weighted by atomic mass is 35.5. The molecule has 3 aromatic rings. The first-order valence-electron chi connectivity index (χ1n) is 7.67. The molecule has 124 valence electrons. The molecule has 1 amide bonds. The van der Waals surface area contributed by atoms with E-state index in [-0.39, 0.29) is 5.91 Å². The molecule has 3 rings (SSSR count). The van der Waals surface area contributed by atoms with Crippen LogP contribution in [0.1, 0.15) is 12.0 Å². The van der Waals surface area contributed by atoms with E-state index in [0.717, 1.165) is 22.2 Å². The number of nitrogens with one attached hydrogen (secondary N) is 1. The van der Waals surface area contributed by atoms with E-state index in [0.29, 0.717) is 24.5 Å². The van der Waals surface area contributed by atoms with E-state index in [2.05, 4.69) is 10.4 Å². The zero-order valence-corrected chi connectivity index (χ0v) is 14.1. The minimum Gasteiger partial charge on any atom is -0.497 e. The van der Waals surface area contributed by atoms with E-state index in [1.165, 1.54) is 0 Å². The summed E-state index contributed by atoms with van der Waals surface area (Å²) in [5.74, 6) is 0.755. The summed E-state index contributed by atoms with van der Waals surface area (Å²) in [6.45, 7) is 0.982. The second kappa shape index (κ2) is 7.36. The van der Waals surface area contributed by atoms with Gasteiger partial charge in [0.25, 0.3) is 0 Å². The number of rotatable bonds is 6. The number of aromatic nitrogens is 2. The molecule has 0 spiro atoms. The summed E-state index contributed by atoms with van der Waals surface area (Å²) < 4.78 is 6.97. The smallest absolute Gasteiger partial charge is 0.222 e. The zero-order chi connectivity index (χ0) is 16.9. The topological polar surface area (TPSA) is 56.1 Å². The monoisotopic (exact) mass is 343 g/mol. The van der Waals surface area contributed by atoms with Crippen LogP contribution in [-0.2, 0) is 17.9 Å². The summed E-state index contributed by atoms with van der Waals surface area (Å²) in [6.07, 6.45) is 2.08. The molecule has 0 radical (unpaired) electrons. The van der Waals surface area contributed by atoms with Gasteiger partial charge in [-0.15, -0.1) is 0 Å². The molecule has 2 aromatic carbocycles. The number of hydrogen-bond donors (Lipinski definition) is 1. The van der Waals surface area contributed by atoms with Gasteiger partial charge in [-0.3, -0.25) is 9.48 Å². The van der Waals surface area contributed by atoms with Gasteiger partial charge >= 0.3 is 0 Å². The second-order valence-electron chi connectivity index (χ2n) is 5.42. The molecule has 0 aliphatic carbocycles. The fourth-order valence-corrected chi connectivity index (χ4v) is 2.74. The summed E-state index contributed by atoms with van der Waals surface area (Å²) in [4.78, 5) is 12.1. The zero-order valence-electron chi connectivity index (χ0n) is 13.3. The molecule has 0 saturated heterocycles. The quantitative estimate of drug-likeness (QED) is 0.746. The predicted molar refractivity (Wildman–Crippen MR) is 94.2 cm³/mol. The van der Waals surface area contributed by atoms with Gasteiger partial charge in [0.1, 0.15) is 5.75 Å². The third-order valence-electron chi connectivity index (χ3n) is 3.81. The van der Waals surface area contributed by atoms with Gasteiger partial charge in [-0.1, -0.05) is 29.8 Å². The molecule has 1 N–H and O–H groups in total. The number of amides is 1. The van der Waals surface area contributed by atoms with Crippen LogP contribution < -0.4 is 10.1 Å². The predicted octanol–water partition coefficient (Wildman–Crippen LogP) is 3.40. The first-order valence-corrected chi connectivity index (χ1v) is 8.05. The van der Waals surface area contributed by atoms with Crippen LogP contribution in [-0.4, -0.2) is 22.8 Å². The lowest BCUT2D eigenvalue weighted by atomic mass is 10.2. The van der Waals surface area contributed by atoms with Gasteiger partial charge in [-0.2, -0.15) is 5.10 Å². The molecule has 0 saturated carbocycles. The van der Waals surface area contributed by atoms with Crippen molar-refractivity contribution in [2.45, 2.75) is 19.5 Å². The molecule has 0 atom stereocenters. The molecule has 5 nitrogen and oxygen atoms in total. The summed E-state index contributed by atoms with van der Waals surface area (Å²) in [7, 11) is 1.62. The van der Waals surface area contributed by atoms with Crippen LogP contribution in [0.5, 0.6) is 5.75 Å². The molecule has 0 bridgehead atoms. The molecule has 1 aromatic heterocycles. The number of carbonyl (C=O) groups is 1. The Morgan fingerprint density at radius 2 is 2.12 bits per heavy atom. The first kappa shape index (κ1) is 16.3. The number of aryl methyl sites for hydroxylation is 1. The van der Waals surface area contributed by atoms with Crippen LogP contribution in [0.25, 0.3) is 10.9 Å². The van der Waals surface area contributed by atoms with Crippen LogP contribution in [0.3, 0.4) is 0 Å². The highest BCUT2D eigenvalue weighted by Gasteiger charge is 2.08. The number of ether oxygens (including phenoxy) is 1. The minimum atomic E-state index is -0.0245. The Balaban J connectivity index is 1.56. The Kier molecular flexibility index (Phi) is 5.01. The second-order valence-corrected chi connectivity index (χ2v) is 5.83. The van der Waals surface area contributed by atoms with Gasteiger partial charge in [-0.05, 0) is 29.8 Å². The van der Waals surface area contributed by atoms with Gasteiger partial charge < -0.3 is 10.1 Å². The minimum absolute atomic E-state index is 0.0245. The van der Waals surface area contributed by atoms with Gasteiger partial charge in [0.15, 0.2) is 0 Å². The Bertz CT molecular complexity index is 860. The van der Waals surface area contributed by atoms with E-state index in [1.807, 2.05) is 42.5 Å². The first-order chi connectivity index (χ1) is 11.7. The standard InChI is InChI=1S/C18H18ClN3O2/c1-24-14-5-2-4-13(10-14)11-20-18(23)8-9-22-17-7-3-6-16(19)15(17)12-21-22/h2-7,10,12H,8-9,11H2,1H3,(H,20,23). The number of halogens is 1. The SMILES string of the molecule is COc1cccc(CNC(=O)CCn2ncc3c(Cl)cccc32)c1. The lowest BCUT2D eigenvalue weighted by molar-refractivity contribution is -0.121. The fraction of sp³-hybridized carbons (Fsp3) is 0.222. The summed E-state index contributed by atoms with van der Waals surface area (Å²) in [5, 5.41) is 8.78. The average Bonchev–Trinajstić information content (AvgIpc) is 3.03. The molecular weight excluding hydrogens is 326 g/mol. The lowest BCUT2D eigenvalue weighted by Gasteiger charge is -2.08. The Morgan fingerprint density at radius 1 is 1.29 bits per heavy atom. The van der Waals surface area contributed by atoms with Crippen molar-refractivity contribution in [3.63, 3.8) is 0 Å². The average molecular weight is 344 g/mol. The Hall–Kier alpha value is -2.53. The lowest BCUT2D eigenvalue weighted by Crippen LogP contribution is -2.24. The van der Waals surface area contributed by atoms with Crippen LogP contribution in [0, 0.1) is 0 Å². The highest BCUT2D eigenvalue weighted by molar-refractivity contribution is 6.35. The van der Waals surface area contributed by atoms with Crippen LogP contribution in [0.15, 0.2) is 48.7 Å². The molecule has 24 heavy (non-hydrogen) atoms. The summed E-state index contributed by atoms with van der Waals surface area (Å²) in [6, 6.07) is 13.3. The molecule has 1 heterocycles. The number of nitrogens with zero attached hydrogens (tertiary/aromatic N) is 2. The summed E-state index contributed by atoms with van der Waals surface area (Å²) in [5.41, 5.74) is 1.93. The maximum atomic E-state index is 12.1. The van der Waals surface area contributed by atoms with E-state index in [4.69, 9.17) is 16.3 Å². The van der Waals surface area contributed by atoms with Crippen molar-refractivity contribution in [1.29, 1.82) is 0 Å². The number of methoxy groups -OCH3 is 1. The van der Waals surface area contributed by atoms with Crippen LogP contribution >= 0.6 is 11.6 Å². The van der Waals surface area contributed by atoms with Crippen molar-refractivity contribution < 1.29 is 9.53 Å². The molecule has 0 aliphatic rings. The van der Waals surface area contributed by atoms with E-state index < -0.39 is 0 Å². The Morgan fingerprint density at radius 3 is 2.96 bits per heavy atom. The van der Waals surface area contributed by atoms with Crippen LogP contribution in [0.2, 0.25) is 5.02 Å². The van der Waals surface area contributed by atoms with Gasteiger partial charge in [0.05, 0.1) is 30.4 Å². The van der Waals surface area contributed by atoms with Gasteiger partial charge in [-0.25, -0.2) is 0 Å². The van der Waals surface area contributed by atoms with E-state index >= 15 is 0 Å². The number of carbonyl (C=O) groups excluding carboxylic acids is 1. The molecule has 0 fully saturated rings. The fourth-order valence-electron chi connectivity index (χ4n) is 2.53. The van der Waals surface area contributed by atoms with Crippen molar-refractivity contribution in [2.24, 2.45) is 0 Å². The summed E-state index contributed by atoms with van der Waals surface area (Å²) >= 11 is 6.13. The normalized spacial score (nSPS) is 10.8. The van der Waals surface area contributed by atoms with Crippen molar-refractivity contribution in [3.05, 3.63) is 59.2 Å². The molecular formula is C18H18ClN3O2. The van der Waals surface area contributed by atoms with Crippen molar-refractivity contribution in [3.8, 4) is 5.75 Å². The number of hydrogen-bond acceptors (Lipinski definition) is 3. The number of fused-ring (bicyclic) bond motifs is 1. The van der Waals surface area contributed by atoms with Crippen molar-refractivity contribution in [2.75, 3.05) is 7.11 Å². The van der Waals surface area contributed by atoms with Gasteiger partial charge in [0, 0.05) is 18.4 Å². The van der Waals surface area contributed by atoms with Crippen molar-refractivity contribution >= 4 is 28.4 Å². The van der Waals surface area contributed by atoms with Crippen LogP contribution in [0.4, 0.5) is 0 Å². The highest BCUT2D eigenvalue weighted by Crippen LogP contribution is 2.22. The number of benzene rings is 2. The molecule has 0 aliphatic heterocycles. The molecule has 6 heteroatoms. The van der Waals surface area contributed by atoms with E-state index in [9.17, 15) is 4.79 Å².